The van der Waals surface area contributed by atoms with E-state index in [9.17, 15) is 18.3 Å². The quantitative estimate of drug-likeness (QED) is 0.915. The van der Waals surface area contributed by atoms with Crippen molar-refractivity contribution in [2.24, 2.45) is 0 Å². The summed E-state index contributed by atoms with van der Waals surface area (Å²) in [5, 5.41) is 10.6. The van der Waals surface area contributed by atoms with Crippen LogP contribution in [0.2, 0.25) is 5.02 Å². The molecule has 0 heterocycles. The van der Waals surface area contributed by atoms with Crippen LogP contribution in [-0.4, -0.2) is 11.5 Å². The van der Waals surface area contributed by atoms with Crippen LogP contribution in [0.3, 0.4) is 0 Å². The summed E-state index contributed by atoms with van der Waals surface area (Å²) >= 11 is 5.80. The molecule has 0 bridgehead atoms. The lowest BCUT2D eigenvalue weighted by atomic mass is 10.0. The van der Waals surface area contributed by atoms with E-state index in [1.807, 2.05) is 0 Å². The molecule has 0 amide bonds. The minimum Gasteiger partial charge on any atom is -0.405 e. The summed E-state index contributed by atoms with van der Waals surface area (Å²) in [6.45, 7) is 0. The molecule has 2 nitrogen and oxygen atoms in total. The molecule has 0 radical (unpaired) electrons. The van der Waals surface area contributed by atoms with Crippen LogP contribution in [0.15, 0.2) is 48.5 Å². The lowest BCUT2D eigenvalue weighted by Gasteiger charge is -2.17. The number of aliphatic hydroxyl groups is 1. The smallest absolute Gasteiger partial charge is 0.405 e. The summed E-state index contributed by atoms with van der Waals surface area (Å²) in [6.07, 6.45) is -6.07. The zero-order chi connectivity index (χ0) is 14.8. The maximum absolute atomic E-state index is 12.3. The van der Waals surface area contributed by atoms with Gasteiger partial charge in [0.15, 0.2) is 0 Å². The molecule has 6 heteroatoms. The average Bonchev–Trinajstić information content (AvgIpc) is 2.37. The van der Waals surface area contributed by atoms with E-state index in [1.165, 1.54) is 24.3 Å². The highest BCUT2D eigenvalue weighted by molar-refractivity contribution is 6.30. The van der Waals surface area contributed by atoms with Crippen molar-refractivity contribution in [1.82, 2.24) is 0 Å². The molecule has 1 unspecified atom stereocenters. The van der Waals surface area contributed by atoms with Crippen molar-refractivity contribution in [2.75, 3.05) is 0 Å². The molecule has 0 saturated carbocycles. The molecule has 2 aromatic rings. The van der Waals surface area contributed by atoms with Gasteiger partial charge >= 0.3 is 6.36 Å². The molecule has 2 aromatic carbocycles. The largest absolute Gasteiger partial charge is 0.573 e. The first-order chi connectivity index (χ1) is 9.37. The van der Waals surface area contributed by atoms with Crippen LogP contribution in [0.5, 0.6) is 5.75 Å². The number of hydrogen-bond donors (Lipinski definition) is 1. The predicted molar refractivity (Wildman–Crippen MR) is 68.6 cm³/mol. The number of ether oxygens (including phenoxy) is 1. The first-order valence-corrected chi connectivity index (χ1v) is 6.03. The third-order valence-corrected chi connectivity index (χ3v) is 2.84. The van der Waals surface area contributed by atoms with Crippen LogP contribution in [0, 0.1) is 0 Å². The normalized spacial score (nSPS) is 13.1. The summed E-state index contributed by atoms with van der Waals surface area (Å²) in [4.78, 5) is 0. The Balaban J connectivity index is 2.37. The van der Waals surface area contributed by atoms with Gasteiger partial charge in [0.1, 0.15) is 11.9 Å². The molecule has 2 rings (SSSR count). The summed E-state index contributed by atoms with van der Waals surface area (Å²) in [6, 6.07) is 11.7. The fourth-order valence-electron chi connectivity index (χ4n) is 1.78. The second-order valence-corrected chi connectivity index (χ2v) is 4.48. The van der Waals surface area contributed by atoms with Crippen LogP contribution < -0.4 is 4.74 Å². The first-order valence-electron chi connectivity index (χ1n) is 5.65. The molecule has 0 aliphatic heterocycles. The van der Waals surface area contributed by atoms with Crippen molar-refractivity contribution >= 4 is 11.6 Å². The fourth-order valence-corrected chi connectivity index (χ4v) is 1.98. The number of para-hydroxylation sites is 1. The Bertz CT molecular complexity index is 599. The van der Waals surface area contributed by atoms with E-state index >= 15 is 0 Å². The number of benzene rings is 2. The van der Waals surface area contributed by atoms with Crippen LogP contribution in [0.25, 0.3) is 0 Å². The summed E-state index contributed by atoms with van der Waals surface area (Å²) < 4.78 is 40.9. The number of hydrogen-bond acceptors (Lipinski definition) is 2. The average molecular weight is 303 g/mol. The predicted octanol–water partition coefficient (Wildman–Crippen LogP) is 4.32. The Hall–Kier alpha value is -1.72. The summed E-state index contributed by atoms with van der Waals surface area (Å²) in [7, 11) is 0. The third kappa shape index (κ3) is 3.65. The maximum Gasteiger partial charge on any atom is 0.573 e. The summed E-state index contributed by atoms with van der Waals surface area (Å²) in [5.41, 5.74) is 0.405. The monoisotopic (exact) mass is 302 g/mol. The highest BCUT2D eigenvalue weighted by Gasteiger charge is 2.32. The Kier molecular flexibility index (Phi) is 4.20. The van der Waals surface area contributed by atoms with Gasteiger partial charge in [-0.3, -0.25) is 0 Å². The lowest BCUT2D eigenvalue weighted by molar-refractivity contribution is -0.275. The Morgan fingerprint density at radius 3 is 2.40 bits per heavy atom. The van der Waals surface area contributed by atoms with Crippen molar-refractivity contribution in [3.63, 3.8) is 0 Å². The van der Waals surface area contributed by atoms with E-state index in [2.05, 4.69) is 4.74 Å². The molecule has 0 saturated heterocycles. The van der Waals surface area contributed by atoms with Crippen molar-refractivity contribution in [2.45, 2.75) is 12.5 Å². The van der Waals surface area contributed by atoms with E-state index in [-0.39, 0.29) is 5.56 Å². The highest BCUT2D eigenvalue weighted by Crippen LogP contribution is 2.33. The third-order valence-electron chi connectivity index (χ3n) is 2.60. The molecule has 20 heavy (non-hydrogen) atoms. The Labute approximate surface area is 118 Å². The molecule has 0 aromatic heterocycles. The van der Waals surface area contributed by atoms with E-state index in [0.29, 0.717) is 10.6 Å². The number of alkyl halides is 3. The molecule has 1 atom stereocenters. The minimum atomic E-state index is -4.82. The van der Waals surface area contributed by atoms with Crippen molar-refractivity contribution < 1.29 is 23.0 Å². The Morgan fingerprint density at radius 1 is 1.05 bits per heavy atom. The van der Waals surface area contributed by atoms with Crippen LogP contribution in [0.1, 0.15) is 17.2 Å². The van der Waals surface area contributed by atoms with Gasteiger partial charge in [-0.05, 0) is 23.8 Å². The van der Waals surface area contributed by atoms with Gasteiger partial charge in [-0.25, -0.2) is 0 Å². The highest BCUT2D eigenvalue weighted by atomic mass is 35.5. The molecule has 1 N–H and O–H groups in total. The fraction of sp³-hybridized carbons (Fsp3) is 0.143. The van der Waals surface area contributed by atoms with E-state index in [0.717, 1.165) is 6.07 Å². The van der Waals surface area contributed by atoms with Crippen molar-refractivity contribution in [3.05, 3.63) is 64.7 Å². The van der Waals surface area contributed by atoms with Gasteiger partial charge in [0.05, 0.1) is 0 Å². The lowest BCUT2D eigenvalue weighted by Crippen LogP contribution is -2.18. The van der Waals surface area contributed by atoms with Gasteiger partial charge in [-0.15, -0.1) is 13.2 Å². The van der Waals surface area contributed by atoms with Gasteiger partial charge in [0.2, 0.25) is 0 Å². The van der Waals surface area contributed by atoms with Gasteiger partial charge in [0, 0.05) is 10.6 Å². The molecule has 0 aliphatic carbocycles. The minimum absolute atomic E-state index is 0.0205. The standard InChI is InChI=1S/C14H10ClF3O2/c15-10-5-3-4-9(8-10)13(19)11-6-1-2-7-12(11)20-14(16,17)18/h1-8,13,19H. The topological polar surface area (TPSA) is 29.5 Å². The molecule has 0 spiro atoms. The van der Waals surface area contributed by atoms with E-state index in [1.54, 1.807) is 18.2 Å². The number of aliphatic hydroxyl groups excluding tert-OH is 1. The summed E-state index contributed by atoms with van der Waals surface area (Å²) in [5.74, 6) is -0.438. The molecule has 106 valence electrons. The zero-order valence-corrected chi connectivity index (χ0v) is 10.8. The number of rotatable bonds is 3. The van der Waals surface area contributed by atoms with E-state index in [4.69, 9.17) is 11.6 Å². The number of halogens is 4. The van der Waals surface area contributed by atoms with Crippen LogP contribution in [0.4, 0.5) is 13.2 Å². The maximum atomic E-state index is 12.3. The molecule has 0 fully saturated rings. The second-order valence-electron chi connectivity index (χ2n) is 4.04. The van der Waals surface area contributed by atoms with Crippen LogP contribution >= 0.6 is 11.6 Å². The molecule has 0 aliphatic rings. The van der Waals surface area contributed by atoms with Gasteiger partial charge in [0.25, 0.3) is 0 Å². The Morgan fingerprint density at radius 2 is 1.75 bits per heavy atom. The van der Waals surface area contributed by atoms with Crippen molar-refractivity contribution in [3.8, 4) is 5.75 Å². The SMILES string of the molecule is OC(c1cccc(Cl)c1)c1ccccc1OC(F)(F)F. The second kappa shape index (κ2) is 5.73. The van der Waals surface area contributed by atoms with Crippen LogP contribution in [-0.2, 0) is 0 Å². The van der Waals surface area contributed by atoms with Gasteiger partial charge in [-0.1, -0.05) is 41.9 Å². The molecular formula is C14H10ClF3O2. The van der Waals surface area contributed by atoms with Gasteiger partial charge < -0.3 is 9.84 Å². The first kappa shape index (κ1) is 14.7. The zero-order valence-electron chi connectivity index (χ0n) is 10.1. The van der Waals surface area contributed by atoms with Crippen molar-refractivity contribution in [1.29, 1.82) is 0 Å². The van der Waals surface area contributed by atoms with Gasteiger partial charge in [-0.2, -0.15) is 0 Å². The van der Waals surface area contributed by atoms with E-state index < -0.39 is 18.2 Å². The molecular weight excluding hydrogens is 293 g/mol.